The van der Waals surface area contributed by atoms with E-state index in [9.17, 15) is 0 Å². The van der Waals surface area contributed by atoms with E-state index in [4.69, 9.17) is 0 Å². The number of hydrogen-bond acceptors (Lipinski definition) is 2. The third-order valence-electron chi connectivity index (χ3n) is 4.09. The average molecular weight is 219 g/mol. The van der Waals surface area contributed by atoms with E-state index in [2.05, 4.69) is 21.1 Å². The zero-order valence-electron chi connectivity index (χ0n) is 9.86. The Morgan fingerprint density at radius 1 is 1.25 bits per heavy atom. The van der Waals surface area contributed by atoms with Gasteiger partial charge in [-0.1, -0.05) is 19.3 Å². The van der Waals surface area contributed by atoms with Gasteiger partial charge in [-0.25, -0.2) is 4.98 Å². The lowest BCUT2D eigenvalue weighted by molar-refractivity contribution is 0.298. The third kappa shape index (κ3) is 2.01. The van der Waals surface area contributed by atoms with Gasteiger partial charge >= 0.3 is 0 Å². The number of hydrogen-bond donors (Lipinski definition) is 1. The van der Waals surface area contributed by atoms with Crippen molar-refractivity contribution in [3.8, 4) is 0 Å². The maximum Gasteiger partial charge on any atom is 0.0948 e. The monoisotopic (exact) mass is 219 g/mol. The van der Waals surface area contributed by atoms with Gasteiger partial charge in [-0.05, 0) is 12.8 Å². The summed E-state index contributed by atoms with van der Waals surface area (Å²) in [6, 6.07) is 0. The number of nitrogens with zero attached hydrogens (tertiary/aromatic N) is 2. The molecule has 1 saturated carbocycles. The Labute approximate surface area is 97.3 Å². The lowest BCUT2D eigenvalue weighted by Gasteiger charge is -2.29. The van der Waals surface area contributed by atoms with Gasteiger partial charge in [0.15, 0.2) is 0 Å². The molecule has 0 unspecified atom stereocenters. The molecule has 1 saturated heterocycles. The molecule has 16 heavy (non-hydrogen) atoms. The maximum absolute atomic E-state index is 4.35. The fourth-order valence-electron chi connectivity index (χ4n) is 2.98. The van der Waals surface area contributed by atoms with Gasteiger partial charge in [0.2, 0.25) is 0 Å². The summed E-state index contributed by atoms with van der Waals surface area (Å²) >= 11 is 0. The van der Waals surface area contributed by atoms with Crippen LogP contribution in [0.25, 0.3) is 0 Å². The molecule has 1 aliphatic carbocycles. The number of imidazole rings is 1. The second-order valence-corrected chi connectivity index (χ2v) is 5.33. The van der Waals surface area contributed by atoms with Crippen LogP contribution in [0.5, 0.6) is 0 Å². The first kappa shape index (κ1) is 10.3. The molecule has 2 aliphatic rings. The molecule has 3 nitrogen and oxygen atoms in total. The lowest BCUT2D eigenvalue weighted by Crippen LogP contribution is -2.44. The predicted octanol–water partition coefficient (Wildman–Crippen LogP) is 2.15. The van der Waals surface area contributed by atoms with Crippen molar-refractivity contribution < 1.29 is 0 Å². The average Bonchev–Trinajstić information content (AvgIpc) is 2.73. The van der Waals surface area contributed by atoms with E-state index < -0.39 is 0 Å². The van der Waals surface area contributed by atoms with Crippen molar-refractivity contribution in [2.45, 2.75) is 44.6 Å². The molecular weight excluding hydrogens is 198 g/mol. The van der Waals surface area contributed by atoms with Crippen molar-refractivity contribution in [2.24, 2.45) is 5.92 Å². The van der Waals surface area contributed by atoms with E-state index in [1.165, 1.54) is 57.4 Å². The van der Waals surface area contributed by atoms with Crippen LogP contribution >= 0.6 is 0 Å². The second kappa shape index (κ2) is 4.58. The highest BCUT2D eigenvalue weighted by molar-refractivity contribution is 5.07. The molecule has 2 fully saturated rings. The molecule has 0 atom stereocenters. The Bertz CT molecular complexity index is 335. The Balaban J connectivity index is 1.70. The minimum absolute atomic E-state index is 0.782. The topological polar surface area (TPSA) is 29.9 Å². The summed E-state index contributed by atoms with van der Waals surface area (Å²) in [5.41, 5.74) is 1.49. The molecule has 3 rings (SSSR count). The van der Waals surface area contributed by atoms with Crippen LogP contribution in [-0.4, -0.2) is 22.6 Å². The number of rotatable bonds is 3. The summed E-state index contributed by atoms with van der Waals surface area (Å²) in [5, 5.41) is 3.34. The van der Waals surface area contributed by atoms with Crippen molar-refractivity contribution in [3.05, 3.63) is 18.2 Å². The van der Waals surface area contributed by atoms with E-state index in [0.717, 1.165) is 11.8 Å². The third-order valence-corrected chi connectivity index (χ3v) is 4.09. The standard InChI is InChI=1S/C13H21N3/c1-2-4-12(5-3-1)13-8-15-10-16(13)9-11-6-14-7-11/h8,10-12,14H,1-7,9H2. The van der Waals surface area contributed by atoms with Crippen molar-refractivity contribution in [1.29, 1.82) is 0 Å². The van der Waals surface area contributed by atoms with Crippen molar-refractivity contribution in [1.82, 2.24) is 14.9 Å². The van der Waals surface area contributed by atoms with Gasteiger partial charge in [0.25, 0.3) is 0 Å². The Hall–Kier alpha value is -0.830. The Morgan fingerprint density at radius 3 is 2.75 bits per heavy atom. The molecule has 0 bridgehead atoms. The highest BCUT2D eigenvalue weighted by Crippen LogP contribution is 2.32. The summed E-state index contributed by atoms with van der Waals surface area (Å²) in [6.07, 6.45) is 11.1. The molecule has 1 N–H and O–H groups in total. The molecular formula is C13H21N3. The van der Waals surface area contributed by atoms with Crippen LogP contribution in [0.15, 0.2) is 12.5 Å². The maximum atomic E-state index is 4.35. The van der Waals surface area contributed by atoms with Crippen LogP contribution in [0, 0.1) is 5.92 Å². The molecule has 1 aliphatic heterocycles. The quantitative estimate of drug-likeness (QED) is 0.844. The van der Waals surface area contributed by atoms with Gasteiger partial charge in [-0.15, -0.1) is 0 Å². The first-order valence-corrected chi connectivity index (χ1v) is 6.64. The molecule has 3 heteroatoms. The van der Waals surface area contributed by atoms with Gasteiger partial charge in [0, 0.05) is 43.4 Å². The molecule has 0 aromatic carbocycles. The predicted molar refractivity (Wildman–Crippen MR) is 64.4 cm³/mol. The molecule has 1 aromatic heterocycles. The smallest absolute Gasteiger partial charge is 0.0948 e. The summed E-state index contributed by atoms with van der Waals surface area (Å²) in [5.74, 6) is 1.61. The zero-order valence-corrected chi connectivity index (χ0v) is 9.86. The molecule has 88 valence electrons. The van der Waals surface area contributed by atoms with Crippen LogP contribution in [0.2, 0.25) is 0 Å². The molecule has 0 amide bonds. The van der Waals surface area contributed by atoms with Gasteiger partial charge in [0.1, 0.15) is 0 Å². The second-order valence-electron chi connectivity index (χ2n) is 5.33. The van der Waals surface area contributed by atoms with Gasteiger partial charge in [-0.3, -0.25) is 0 Å². The molecule has 0 radical (unpaired) electrons. The van der Waals surface area contributed by atoms with Crippen molar-refractivity contribution in [3.63, 3.8) is 0 Å². The van der Waals surface area contributed by atoms with E-state index >= 15 is 0 Å². The van der Waals surface area contributed by atoms with Crippen LogP contribution in [0.4, 0.5) is 0 Å². The normalized spacial score (nSPS) is 23.2. The summed E-state index contributed by atoms with van der Waals surface area (Å²) in [7, 11) is 0. The van der Waals surface area contributed by atoms with Gasteiger partial charge in [-0.2, -0.15) is 0 Å². The number of nitrogens with one attached hydrogen (secondary N) is 1. The van der Waals surface area contributed by atoms with E-state index in [-0.39, 0.29) is 0 Å². The van der Waals surface area contributed by atoms with E-state index in [1.54, 1.807) is 0 Å². The molecule has 1 aromatic rings. The Morgan fingerprint density at radius 2 is 2.06 bits per heavy atom. The van der Waals surface area contributed by atoms with E-state index in [0.29, 0.717) is 0 Å². The molecule has 2 heterocycles. The minimum Gasteiger partial charge on any atom is -0.334 e. The van der Waals surface area contributed by atoms with Crippen molar-refractivity contribution >= 4 is 0 Å². The summed E-state index contributed by atoms with van der Waals surface area (Å²) < 4.78 is 2.40. The number of aromatic nitrogens is 2. The van der Waals surface area contributed by atoms with Gasteiger partial charge in [0.05, 0.1) is 6.33 Å². The SMILES string of the molecule is c1ncn(CC2CNC2)c1C1CCCCC1. The van der Waals surface area contributed by atoms with Crippen molar-refractivity contribution in [2.75, 3.05) is 13.1 Å². The zero-order chi connectivity index (χ0) is 10.8. The van der Waals surface area contributed by atoms with Crippen LogP contribution in [0.3, 0.4) is 0 Å². The Kier molecular flexibility index (Phi) is 2.96. The first-order valence-electron chi connectivity index (χ1n) is 6.64. The first-order chi connectivity index (χ1) is 7.93. The lowest BCUT2D eigenvalue weighted by atomic mass is 9.87. The van der Waals surface area contributed by atoms with E-state index in [1.807, 2.05) is 6.33 Å². The molecule has 0 spiro atoms. The minimum atomic E-state index is 0.782. The highest BCUT2D eigenvalue weighted by Gasteiger charge is 2.22. The van der Waals surface area contributed by atoms with Crippen LogP contribution < -0.4 is 5.32 Å². The largest absolute Gasteiger partial charge is 0.334 e. The summed E-state index contributed by atoms with van der Waals surface area (Å²) in [4.78, 5) is 4.35. The fraction of sp³-hybridized carbons (Fsp3) is 0.769. The van der Waals surface area contributed by atoms with Crippen LogP contribution in [-0.2, 0) is 6.54 Å². The highest BCUT2D eigenvalue weighted by atomic mass is 15.1. The van der Waals surface area contributed by atoms with Gasteiger partial charge < -0.3 is 9.88 Å². The fourth-order valence-corrected chi connectivity index (χ4v) is 2.98. The van der Waals surface area contributed by atoms with Crippen LogP contribution in [0.1, 0.15) is 43.7 Å². The summed E-state index contributed by atoms with van der Waals surface area (Å²) in [6.45, 7) is 3.53.